The minimum atomic E-state index is 0.345. The molecule has 0 aliphatic carbocycles. The van der Waals surface area contributed by atoms with Gasteiger partial charge in [-0.05, 0) is 58.7 Å². The van der Waals surface area contributed by atoms with Gasteiger partial charge in [-0.25, -0.2) is 0 Å². The van der Waals surface area contributed by atoms with Crippen LogP contribution in [0.15, 0.2) is 40.9 Å². The molecule has 19 heavy (non-hydrogen) atoms. The zero-order valence-corrected chi connectivity index (χ0v) is 13.3. The van der Waals surface area contributed by atoms with Crippen molar-refractivity contribution in [3.63, 3.8) is 0 Å². The number of nitrogens with two attached hydrogens (primary N) is 1. The third-order valence-corrected chi connectivity index (χ3v) is 3.70. The van der Waals surface area contributed by atoms with Gasteiger partial charge in [0.25, 0.3) is 0 Å². The van der Waals surface area contributed by atoms with Crippen molar-refractivity contribution in [1.29, 1.82) is 0 Å². The minimum absolute atomic E-state index is 0.345. The van der Waals surface area contributed by atoms with Crippen molar-refractivity contribution < 1.29 is 4.74 Å². The quantitative estimate of drug-likeness (QED) is 0.799. The van der Waals surface area contributed by atoms with Crippen LogP contribution in [0, 0.1) is 6.92 Å². The van der Waals surface area contributed by atoms with E-state index in [0.29, 0.717) is 15.8 Å². The molecule has 2 aromatic rings. The molecule has 0 saturated heterocycles. The van der Waals surface area contributed by atoms with E-state index in [1.807, 2.05) is 37.3 Å². The first kappa shape index (κ1) is 14.3. The summed E-state index contributed by atoms with van der Waals surface area (Å²) in [7, 11) is 0. The molecule has 0 amide bonds. The Bertz CT molecular complexity index is 645. The van der Waals surface area contributed by atoms with E-state index in [9.17, 15) is 0 Å². The number of hydrogen-bond acceptors (Lipinski definition) is 2. The Hall–Kier alpha value is -1.10. The van der Waals surface area contributed by atoms with Crippen LogP contribution in [0.2, 0.25) is 5.02 Å². The van der Waals surface area contributed by atoms with Gasteiger partial charge in [-0.2, -0.15) is 0 Å². The van der Waals surface area contributed by atoms with E-state index in [4.69, 9.17) is 34.3 Å². The standard InChI is InChI=1S/C14H11BrClNOS/c1-8-2-3-9(16)6-13(8)18-10-4-5-11(14(17)19)12(15)7-10/h2-7H,1H3,(H2,17,19). The molecule has 5 heteroatoms. The van der Waals surface area contributed by atoms with E-state index in [1.165, 1.54) is 0 Å². The summed E-state index contributed by atoms with van der Waals surface area (Å²) in [5.74, 6) is 1.42. The van der Waals surface area contributed by atoms with Gasteiger partial charge < -0.3 is 10.5 Å². The van der Waals surface area contributed by atoms with Crippen LogP contribution in [-0.4, -0.2) is 4.99 Å². The Morgan fingerprint density at radius 1 is 1.26 bits per heavy atom. The Morgan fingerprint density at radius 2 is 2.00 bits per heavy atom. The molecule has 0 heterocycles. The number of hydrogen-bond donors (Lipinski definition) is 1. The second-order valence-corrected chi connectivity index (χ2v) is 5.75. The highest BCUT2D eigenvalue weighted by atomic mass is 79.9. The van der Waals surface area contributed by atoms with E-state index < -0.39 is 0 Å². The molecule has 0 fully saturated rings. The first-order valence-corrected chi connectivity index (χ1v) is 7.08. The van der Waals surface area contributed by atoms with Crippen LogP contribution in [-0.2, 0) is 0 Å². The summed E-state index contributed by atoms with van der Waals surface area (Å²) in [5.41, 5.74) is 7.40. The van der Waals surface area contributed by atoms with Crippen LogP contribution in [0.4, 0.5) is 0 Å². The van der Waals surface area contributed by atoms with Gasteiger partial charge in [-0.1, -0.05) is 29.9 Å². The number of halogens is 2. The number of thiocarbonyl (C=S) groups is 1. The lowest BCUT2D eigenvalue weighted by atomic mass is 10.2. The van der Waals surface area contributed by atoms with E-state index in [0.717, 1.165) is 21.3 Å². The molecule has 0 spiro atoms. The smallest absolute Gasteiger partial charge is 0.131 e. The molecule has 0 unspecified atom stereocenters. The SMILES string of the molecule is Cc1ccc(Cl)cc1Oc1ccc(C(N)=S)c(Br)c1. The van der Waals surface area contributed by atoms with Gasteiger partial charge in [-0.15, -0.1) is 0 Å². The summed E-state index contributed by atoms with van der Waals surface area (Å²) in [6.45, 7) is 1.96. The van der Waals surface area contributed by atoms with Crippen molar-refractivity contribution in [2.24, 2.45) is 5.73 Å². The summed E-state index contributed by atoms with van der Waals surface area (Å²) in [4.78, 5) is 0.345. The fraction of sp³-hybridized carbons (Fsp3) is 0.0714. The highest BCUT2D eigenvalue weighted by molar-refractivity contribution is 9.10. The maximum absolute atomic E-state index is 5.96. The van der Waals surface area contributed by atoms with E-state index in [-0.39, 0.29) is 0 Å². The predicted octanol–water partition coefficient (Wildman–Crippen LogP) is 4.84. The van der Waals surface area contributed by atoms with Crippen LogP contribution in [0.1, 0.15) is 11.1 Å². The van der Waals surface area contributed by atoms with Gasteiger partial charge >= 0.3 is 0 Å². The number of ether oxygens (including phenoxy) is 1. The van der Waals surface area contributed by atoms with Gasteiger partial charge in [-0.3, -0.25) is 0 Å². The van der Waals surface area contributed by atoms with Crippen LogP contribution in [0.25, 0.3) is 0 Å². The Kier molecular flexibility index (Phi) is 4.45. The van der Waals surface area contributed by atoms with Crippen molar-refractivity contribution in [3.8, 4) is 11.5 Å². The molecule has 0 atom stereocenters. The molecule has 2 N–H and O–H groups in total. The summed E-state index contributed by atoms with van der Waals surface area (Å²) >= 11 is 14.3. The maximum Gasteiger partial charge on any atom is 0.131 e. The predicted molar refractivity (Wildman–Crippen MR) is 86.3 cm³/mol. The van der Waals surface area contributed by atoms with E-state index >= 15 is 0 Å². The molecular weight excluding hydrogens is 346 g/mol. The van der Waals surface area contributed by atoms with Gasteiger partial charge in [0.2, 0.25) is 0 Å². The third-order valence-electron chi connectivity index (χ3n) is 2.58. The van der Waals surface area contributed by atoms with E-state index in [2.05, 4.69) is 15.9 Å². The summed E-state index contributed by atoms with van der Waals surface area (Å²) in [6, 6.07) is 11.0. The normalized spacial score (nSPS) is 10.3. The topological polar surface area (TPSA) is 35.2 Å². The Morgan fingerprint density at radius 3 is 2.63 bits per heavy atom. The summed E-state index contributed by atoms with van der Waals surface area (Å²) in [6.07, 6.45) is 0. The van der Waals surface area contributed by atoms with Crippen LogP contribution < -0.4 is 10.5 Å². The molecule has 2 nitrogen and oxygen atoms in total. The molecule has 0 aliphatic heterocycles. The van der Waals surface area contributed by atoms with Gasteiger partial charge in [0.05, 0.1) is 0 Å². The summed E-state index contributed by atoms with van der Waals surface area (Å²) in [5, 5.41) is 0.638. The zero-order valence-electron chi connectivity index (χ0n) is 10.1. The van der Waals surface area contributed by atoms with Gasteiger partial charge in [0.1, 0.15) is 16.5 Å². The molecule has 0 bridgehead atoms. The lowest BCUT2D eigenvalue weighted by Gasteiger charge is -2.10. The first-order chi connectivity index (χ1) is 8.97. The monoisotopic (exact) mass is 355 g/mol. The van der Waals surface area contributed by atoms with Gasteiger partial charge in [0, 0.05) is 15.1 Å². The molecule has 98 valence electrons. The second-order valence-electron chi connectivity index (χ2n) is 4.02. The van der Waals surface area contributed by atoms with Crippen molar-refractivity contribution in [3.05, 3.63) is 57.0 Å². The molecule has 2 aromatic carbocycles. The highest BCUT2D eigenvalue weighted by Crippen LogP contribution is 2.30. The average molecular weight is 357 g/mol. The minimum Gasteiger partial charge on any atom is -0.457 e. The average Bonchev–Trinajstić information content (AvgIpc) is 2.33. The van der Waals surface area contributed by atoms with Crippen molar-refractivity contribution in [2.45, 2.75) is 6.92 Å². The van der Waals surface area contributed by atoms with Gasteiger partial charge in [0.15, 0.2) is 0 Å². The fourth-order valence-corrected chi connectivity index (χ4v) is 2.61. The number of rotatable bonds is 3. The second kappa shape index (κ2) is 5.90. The van der Waals surface area contributed by atoms with Crippen molar-refractivity contribution >= 4 is 44.7 Å². The molecule has 0 saturated carbocycles. The fourth-order valence-electron chi connectivity index (χ4n) is 1.57. The number of aryl methyl sites for hydroxylation is 1. The Balaban J connectivity index is 2.31. The molecular formula is C14H11BrClNOS. The lowest BCUT2D eigenvalue weighted by molar-refractivity contribution is 0.478. The first-order valence-electron chi connectivity index (χ1n) is 5.51. The van der Waals surface area contributed by atoms with Crippen LogP contribution in [0.5, 0.6) is 11.5 Å². The van der Waals surface area contributed by atoms with Crippen LogP contribution >= 0.6 is 39.7 Å². The van der Waals surface area contributed by atoms with Crippen molar-refractivity contribution in [2.75, 3.05) is 0 Å². The lowest BCUT2D eigenvalue weighted by Crippen LogP contribution is -2.09. The maximum atomic E-state index is 5.96. The third kappa shape index (κ3) is 3.47. The van der Waals surface area contributed by atoms with Crippen LogP contribution in [0.3, 0.4) is 0 Å². The number of benzene rings is 2. The Labute approximate surface area is 130 Å². The highest BCUT2D eigenvalue weighted by Gasteiger charge is 2.07. The van der Waals surface area contributed by atoms with E-state index in [1.54, 1.807) is 6.07 Å². The zero-order chi connectivity index (χ0) is 14.0. The molecule has 0 aliphatic rings. The van der Waals surface area contributed by atoms with Crippen molar-refractivity contribution in [1.82, 2.24) is 0 Å². The molecule has 2 rings (SSSR count). The molecule has 0 aromatic heterocycles. The molecule has 0 radical (unpaired) electrons. The summed E-state index contributed by atoms with van der Waals surface area (Å²) < 4.78 is 6.61. The largest absolute Gasteiger partial charge is 0.457 e.